The van der Waals surface area contributed by atoms with Crippen LogP contribution >= 0.6 is 0 Å². The number of nitrogens with one attached hydrogen (secondary N) is 1. The molecule has 0 amide bonds. The third kappa shape index (κ3) is 3.43. The molecule has 106 valence electrons. The van der Waals surface area contributed by atoms with Gasteiger partial charge in [0.15, 0.2) is 0 Å². The van der Waals surface area contributed by atoms with Gasteiger partial charge >= 0.3 is 6.18 Å². The third-order valence-corrected chi connectivity index (χ3v) is 3.92. The Morgan fingerprint density at radius 1 is 1.21 bits per heavy atom. The summed E-state index contributed by atoms with van der Waals surface area (Å²) in [7, 11) is 1.81. The molecular formula is C13H18F3N3. The van der Waals surface area contributed by atoms with Gasteiger partial charge in [-0.2, -0.15) is 13.2 Å². The predicted octanol–water partition coefficient (Wildman–Crippen LogP) is 3.11. The van der Waals surface area contributed by atoms with Crippen molar-refractivity contribution in [2.75, 3.05) is 7.05 Å². The SMILES string of the molecule is CNC(c1cnccn1)C1CCC(C(F)(F)F)CC1. The first-order valence-corrected chi connectivity index (χ1v) is 6.52. The van der Waals surface area contributed by atoms with Crippen LogP contribution in [0.25, 0.3) is 0 Å². The maximum Gasteiger partial charge on any atom is 0.391 e. The quantitative estimate of drug-likeness (QED) is 0.919. The number of hydrogen-bond acceptors (Lipinski definition) is 3. The molecule has 1 aromatic heterocycles. The summed E-state index contributed by atoms with van der Waals surface area (Å²) in [4.78, 5) is 8.27. The van der Waals surface area contributed by atoms with E-state index < -0.39 is 12.1 Å². The molecular weight excluding hydrogens is 255 g/mol. The summed E-state index contributed by atoms with van der Waals surface area (Å²) < 4.78 is 37.9. The Balaban J connectivity index is 2.00. The fourth-order valence-corrected chi connectivity index (χ4v) is 2.88. The van der Waals surface area contributed by atoms with Crippen molar-refractivity contribution in [1.29, 1.82) is 0 Å². The number of rotatable bonds is 3. The molecule has 1 fully saturated rings. The molecule has 0 saturated heterocycles. The molecule has 0 radical (unpaired) electrons. The van der Waals surface area contributed by atoms with Crippen molar-refractivity contribution in [3.05, 3.63) is 24.3 Å². The summed E-state index contributed by atoms with van der Waals surface area (Å²) in [6, 6.07) is -0.0112. The molecule has 19 heavy (non-hydrogen) atoms. The van der Waals surface area contributed by atoms with E-state index in [1.807, 2.05) is 7.05 Å². The molecule has 0 bridgehead atoms. The molecule has 1 aliphatic rings. The van der Waals surface area contributed by atoms with Crippen LogP contribution in [0.1, 0.15) is 37.4 Å². The molecule has 1 aliphatic carbocycles. The second-order valence-electron chi connectivity index (χ2n) is 5.05. The van der Waals surface area contributed by atoms with Crippen molar-refractivity contribution in [2.45, 2.75) is 37.9 Å². The fraction of sp³-hybridized carbons (Fsp3) is 0.692. The van der Waals surface area contributed by atoms with E-state index in [0.29, 0.717) is 12.8 Å². The summed E-state index contributed by atoms with van der Waals surface area (Å²) in [5, 5.41) is 3.16. The van der Waals surface area contributed by atoms with Gasteiger partial charge in [0.1, 0.15) is 0 Å². The van der Waals surface area contributed by atoms with E-state index in [1.54, 1.807) is 18.6 Å². The number of nitrogens with zero attached hydrogens (tertiary/aromatic N) is 2. The zero-order chi connectivity index (χ0) is 13.9. The first-order chi connectivity index (χ1) is 9.02. The lowest BCUT2D eigenvalue weighted by Crippen LogP contribution is -2.33. The van der Waals surface area contributed by atoms with Crippen molar-refractivity contribution < 1.29 is 13.2 Å². The number of alkyl halides is 3. The molecule has 1 unspecified atom stereocenters. The summed E-state index contributed by atoms with van der Waals surface area (Å²) in [6.07, 6.45) is 2.42. The minimum Gasteiger partial charge on any atom is -0.311 e. The van der Waals surface area contributed by atoms with Crippen molar-refractivity contribution in [1.82, 2.24) is 15.3 Å². The monoisotopic (exact) mass is 273 g/mol. The number of aromatic nitrogens is 2. The van der Waals surface area contributed by atoms with Gasteiger partial charge in [-0.15, -0.1) is 0 Å². The first-order valence-electron chi connectivity index (χ1n) is 6.52. The van der Waals surface area contributed by atoms with Crippen LogP contribution in [-0.4, -0.2) is 23.2 Å². The smallest absolute Gasteiger partial charge is 0.311 e. The molecule has 2 rings (SSSR count). The Hall–Kier alpha value is -1.17. The van der Waals surface area contributed by atoms with E-state index in [1.165, 1.54) is 0 Å². The Morgan fingerprint density at radius 2 is 1.89 bits per heavy atom. The summed E-state index contributed by atoms with van der Waals surface area (Å²) in [5.41, 5.74) is 0.806. The van der Waals surface area contributed by atoms with Gasteiger partial charge in [0.25, 0.3) is 0 Å². The predicted molar refractivity (Wildman–Crippen MR) is 65.3 cm³/mol. The average molecular weight is 273 g/mol. The zero-order valence-corrected chi connectivity index (χ0v) is 10.8. The Bertz CT molecular complexity index is 386. The molecule has 0 aliphatic heterocycles. The lowest BCUT2D eigenvalue weighted by atomic mass is 9.77. The first kappa shape index (κ1) is 14.2. The van der Waals surface area contributed by atoms with Gasteiger partial charge in [0.05, 0.1) is 17.7 Å². The normalized spacial score (nSPS) is 26.1. The maximum atomic E-state index is 12.6. The number of halogens is 3. The highest BCUT2D eigenvalue weighted by Crippen LogP contribution is 2.42. The van der Waals surface area contributed by atoms with E-state index in [-0.39, 0.29) is 24.8 Å². The van der Waals surface area contributed by atoms with Crippen LogP contribution in [0.3, 0.4) is 0 Å². The van der Waals surface area contributed by atoms with Gasteiger partial charge in [-0.25, -0.2) is 0 Å². The van der Waals surface area contributed by atoms with Gasteiger partial charge in [-0.05, 0) is 38.6 Å². The Morgan fingerprint density at radius 3 is 2.37 bits per heavy atom. The minimum atomic E-state index is -4.05. The van der Waals surface area contributed by atoms with Gasteiger partial charge < -0.3 is 5.32 Å². The summed E-state index contributed by atoms with van der Waals surface area (Å²) in [6.45, 7) is 0. The highest BCUT2D eigenvalue weighted by Gasteiger charge is 2.42. The van der Waals surface area contributed by atoms with Crippen LogP contribution in [-0.2, 0) is 0 Å². The standard InChI is InChI=1S/C13H18F3N3/c1-17-12(11-8-18-6-7-19-11)9-2-4-10(5-3-9)13(14,15)16/h6-10,12,17H,2-5H2,1H3. The van der Waals surface area contributed by atoms with E-state index in [0.717, 1.165) is 5.69 Å². The highest BCUT2D eigenvalue weighted by atomic mass is 19.4. The number of hydrogen-bond donors (Lipinski definition) is 1. The lowest BCUT2D eigenvalue weighted by Gasteiger charge is -2.34. The molecule has 6 heteroatoms. The van der Waals surface area contributed by atoms with Crippen LogP contribution in [0.4, 0.5) is 13.2 Å². The molecule has 1 heterocycles. The van der Waals surface area contributed by atoms with Crippen molar-refractivity contribution in [3.8, 4) is 0 Å². The van der Waals surface area contributed by atoms with Crippen molar-refractivity contribution in [3.63, 3.8) is 0 Å². The van der Waals surface area contributed by atoms with Gasteiger partial charge in [-0.3, -0.25) is 9.97 Å². The maximum absolute atomic E-state index is 12.6. The van der Waals surface area contributed by atoms with E-state index in [2.05, 4.69) is 15.3 Å². The molecule has 3 nitrogen and oxygen atoms in total. The van der Waals surface area contributed by atoms with Crippen LogP contribution in [0.15, 0.2) is 18.6 Å². The molecule has 1 aromatic rings. The minimum absolute atomic E-state index is 0.0112. The van der Waals surface area contributed by atoms with Gasteiger partial charge in [0, 0.05) is 18.6 Å². The fourth-order valence-electron chi connectivity index (χ4n) is 2.88. The molecule has 0 spiro atoms. The Kier molecular flexibility index (Phi) is 4.39. The van der Waals surface area contributed by atoms with Crippen molar-refractivity contribution in [2.24, 2.45) is 11.8 Å². The van der Waals surface area contributed by atoms with Crippen LogP contribution in [0.5, 0.6) is 0 Å². The molecule has 1 atom stereocenters. The van der Waals surface area contributed by atoms with E-state index in [9.17, 15) is 13.2 Å². The van der Waals surface area contributed by atoms with Crippen LogP contribution in [0, 0.1) is 11.8 Å². The topological polar surface area (TPSA) is 37.8 Å². The van der Waals surface area contributed by atoms with E-state index in [4.69, 9.17) is 0 Å². The largest absolute Gasteiger partial charge is 0.391 e. The second-order valence-corrected chi connectivity index (χ2v) is 5.05. The highest BCUT2D eigenvalue weighted by molar-refractivity contribution is 5.04. The average Bonchev–Trinajstić information content (AvgIpc) is 2.40. The third-order valence-electron chi connectivity index (χ3n) is 3.92. The van der Waals surface area contributed by atoms with Crippen LogP contribution in [0.2, 0.25) is 0 Å². The van der Waals surface area contributed by atoms with E-state index >= 15 is 0 Å². The lowest BCUT2D eigenvalue weighted by molar-refractivity contribution is -0.184. The Labute approximate surface area is 110 Å². The van der Waals surface area contributed by atoms with Crippen molar-refractivity contribution >= 4 is 0 Å². The second kappa shape index (κ2) is 5.86. The molecule has 0 aromatic carbocycles. The summed E-state index contributed by atoms with van der Waals surface area (Å²) in [5.74, 6) is -0.941. The summed E-state index contributed by atoms with van der Waals surface area (Å²) >= 11 is 0. The van der Waals surface area contributed by atoms with Gasteiger partial charge in [0.2, 0.25) is 0 Å². The van der Waals surface area contributed by atoms with Crippen LogP contribution < -0.4 is 5.32 Å². The zero-order valence-electron chi connectivity index (χ0n) is 10.8. The van der Waals surface area contributed by atoms with Gasteiger partial charge in [-0.1, -0.05) is 0 Å². The molecule has 1 N–H and O–H groups in total. The molecule has 1 saturated carbocycles.